The number of carbonyl (C=O) groups excluding carboxylic acids is 5. The molecule has 3 aliphatic carbocycles. The fraction of sp³-hybridized carbons (Fsp3) is 0.633. The van der Waals surface area contributed by atoms with Gasteiger partial charge in [-0.2, -0.15) is 13.2 Å². The van der Waals surface area contributed by atoms with Crippen LogP contribution in [0.5, 0.6) is 5.75 Å². The lowest BCUT2D eigenvalue weighted by Crippen LogP contribution is -2.79. The summed E-state index contributed by atoms with van der Waals surface area (Å²) in [4.78, 5) is 71.2. The summed E-state index contributed by atoms with van der Waals surface area (Å²) < 4.78 is 40.3. The summed E-state index contributed by atoms with van der Waals surface area (Å²) in [6.45, 7) is 3.94. The molecule has 0 aliphatic heterocycles. The first-order valence-corrected chi connectivity index (χ1v) is 14.3. The van der Waals surface area contributed by atoms with Crippen LogP contribution in [0.15, 0.2) is 6.07 Å². The first kappa shape index (κ1) is 33.5. The summed E-state index contributed by atoms with van der Waals surface area (Å²) in [6.07, 6.45) is -5.02. The lowest BCUT2D eigenvalue weighted by atomic mass is 9.42. The number of hydrogen-bond acceptors (Lipinski definition) is 10. The van der Waals surface area contributed by atoms with Gasteiger partial charge in [0, 0.05) is 37.3 Å². The van der Waals surface area contributed by atoms with Crippen molar-refractivity contribution in [1.82, 2.24) is 10.2 Å². The predicted octanol–water partition coefficient (Wildman–Crippen LogP) is 1.14. The molecule has 1 amide bonds. The molecule has 1 aromatic carbocycles. The Kier molecular flexibility index (Phi) is 8.10. The van der Waals surface area contributed by atoms with Gasteiger partial charge in [-0.15, -0.1) is 0 Å². The summed E-state index contributed by atoms with van der Waals surface area (Å²) in [5.41, 5.74) is -0.127. The Balaban J connectivity index is 1.92. The van der Waals surface area contributed by atoms with Gasteiger partial charge in [-0.1, -0.05) is 20.8 Å². The van der Waals surface area contributed by atoms with Crippen LogP contribution in [0.1, 0.15) is 55.1 Å². The number of Topliss-reactive ketones (excluding diaryl/α,β-unsaturated/α-hetero) is 4. The topological polar surface area (TPSA) is 170 Å². The number of aromatic hydroxyl groups is 1. The Bertz CT molecular complexity index is 1460. The summed E-state index contributed by atoms with van der Waals surface area (Å²) in [6, 6.07) is -1.69. The van der Waals surface area contributed by atoms with Gasteiger partial charge < -0.3 is 26.2 Å². The number of primary amides is 1. The Labute approximate surface area is 252 Å². The number of hydrogen-bond donors (Lipinski definition) is 4. The van der Waals surface area contributed by atoms with E-state index in [4.69, 9.17) is 5.73 Å². The molecule has 7 atom stereocenters. The minimum atomic E-state index is -4.56. The van der Waals surface area contributed by atoms with Gasteiger partial charge in [-0.05, 0) is 50.4 Å². The van der Waals surface area contributed by atoms with E-state index in [1.54, 1.807) is 25.9 Å². The van der Waals surface area contributed by atoms with E-state index in [9.17, 15) is 47.4 Å². The van der Waals surface area contributed by atoms with E-state index in [1.165, 1.54) is 38.9 Å². The highest BCUT2D eigenvalue weighted by molar-refractivity contribution is 6.33. The number of alkyl halides is 3. The fourth-order valence-corrected chi connectivity index (χ4v) is 8.08. The van der Waals surface area contributed by atoms with Crippen LogP contribution in [0.2, 0.25) is 0 Å². The lowest BCUT2D eigenvalue weighted by Gasteiger charge is -2.61. The molecule has 1 aromatic rings. The highest BCUT2D eigenvalue weighted by atomic mass is 19.4. The maximum atomic E-state index is 14.4. The molecule has 3 aliphatic rings. The number of rotatable bonds is 7. The van der Waals surface area contributed by atoms with Gasteiger partial charge in [0.25, 0.3) is 0 Å². The molecule has 44 heavy (non-hydrogen) atoms. The number of nitrogens with two attached hydrogens (primary N) is 1. The molecule has 4 rings (SSSR count). The van der Waals surface area contributed by atoms with E-state index in [-0.39, 0.29) is 30.4 Å². The third-order valence-electron chi connectivity index (χ3n) is 9.87. The Hall–Kier alpha value is -3.36. The first-order chi connectivity index (χ1) is 20.1. The third-order valence-corrected chi connectivity index (χ3v) is 9.87. The van der Waals surface area contributed by atoms with Crippen molar-refractivity contribution in [3.8, 4) is 5.75 Å². The van der Waals surface area contributed by atoms with Crippen molar-refractivity contribution < 1.29 is 47.4 Å². The predicted molar refractivity (Wildman–Crippen MR) is 152 cm³/mol. The molecule has 11 nitrogen and oxygen atoms in total. The van der Waals surface area contributed by atoms with Crippen LogP contribution < -0.4 is 16.0 Å². The van der Waals surface area contributed by atoms with Crippen LogP contribution >= 0.6 is 0 Å². The summed E-state index contributed by atoms with van der Waals surface area (Å²) in [5, 5.41) is 25.7. The number of ketones is 4. The zero-order valence-electron chi connectivity index (χ0n) is 25.8. The second kappa shape index (κ2) is 10.6. The van der Waals surface area contributed by atoms with Crippen molar-refractivity contribution >= 4 is 34.7 Å². The van der Waals surface area contributed by atoms with Crippen molar-refractivity contribution in [3.63, 3.8) is 0 Å². The van der Waals surface area contributed by atoms with E-state index >= 15 is 0 Å². The standard InChI is InChI=1S/C30H39F3N4O7/c1-8-16(30(31,32)33)35-11-13-9-15(36(4)5)14-10-27(2)12-28(3)23(37(6)7)22(40)18(26(34)43)24(41)29(28,44)25(42)19(27)21(39)17(14)20(13)38/h9,16,18-19,23,35,38,44H,8,10-12H2,1-7H3,(H2,34,43)/t16?,18?,19?,23-,27+,28+,29-/m1/s1. The lowest BCUT2D eigenvalue weighted by molar-refractivity contribution is -0.203. The zero-order chi connectivity index (χ0) is 33.5. The van der Waals surface area contributed by atoms with Gasteiger partial charge in [0.15, 0.2) is 34.7 Å². The molecule has 0 heterocycles. The van der Waals surface area contributed by atoms with Crippen LogP contribution in [-0.2, 0) is 32.1 Å². The molecule has 3 unspecified atom stereocenters. The van der Waals surface area contributed by atoms with Crippen molar-refractivity contribution in [2.45, 2.75) is 70.4 Å². The van der Waals surface area contributed by atoms with Gasteiger partial charge >= 0.3 is 6.18 Å². The number of amides is 1. The van der Waals surface area contributed by atoms with Crippen molar-refractivity contribution in [2.24, 2.45) is 28.4 Å². The average molecular weight is 625 g/mol. The number of phenols is 1. The van der Waals surface area contributed by atoms with Crippen LogP contribution in [0.4, 0.5) is 18.9 Å². The second-order valence-electron chi connectivity index (χ2n) is 13.3. The van der Waals surface area contributed by atoms with Gasteiger partial charge in [0.05, 0.1) is 17.5 Å². The van der Waals surface area contributed by atoms with E-state index in [0.717, 1.165) is 0 Å². The molecule has 0 saturated heterocycles. The maximum absolute atomic E-state index is 14.4. The molecule has 2 saturated carbocycles. The molecule has 0 aromatic heterocycles. The number of likely N-dealkylation sites (N-methyl/N-ethyl adjacent to an activating group) is 1. The summed E-state index contributed by atoms with van der Waals surface area (Å²) in [5.74, 6) is -10.1. The number of carbonyl (C=O) groups is 5. The average Bonchev–Trinajstić information content (AvgIpc) is 2.86. The number of anilines is 1. The maximum Gasteiger partial charge on any atom is 0.403 e. The first-order valence-electron chi connectivity index (χ1n) is 14.3. The summed E-state index contributed by atoms with van der Waals surface area (Å²) >= 11 is 0. The molecule has 0 bridgehead atoms. The Morgan fingerprint density at radius 1 is 1.14 bits per heavy atom. The molecule has 2 fully saturated rings. The number of aliphatic hydroxyl groups is 1. The number of nitrogens with one attached hydrogen (secondary N) is 1. The number of nitrogens with zero attached hydrogens (tertiary/aromatic N) is 2. The highest BCUT2D eigenvalue weighted by Crippen LogP contribution is 2.62. The monoisotopic (exact) mass is 624 g/mol. The number of halogens is 3. The van der Waals surface area contributed by atoms with E-state index < -0.39 is 87.9 Å². The number of phenolic OH excluding ortho intramolecular Hbond substituents is 1. The molecular formula is C30H39F3N4O7. The zero-order valence-corrected chi connectivity index (χ0v) is 25.8. The van der Waals surface area contributed by atoms with Gasteiger partial charge in [0.1, 0.15) is 11.8 Å². The largest absolute Gasteiger partial charge is 0.507 e. The molecule has 0 spiro atoms. The van der Waals surface area contributed by atoms with E-state index in [2.05, 4.69) is 5.32 Å². The normalized spacial score (nSPS) is 32.7. The molecule has 14 heteroatoms. The quantitative estimate of drug-likeness (QED) is 0.323. The van der Waals surface area contributed by atoms with Crippen LogP contribution in [-0.4, -0.2) is 96.2 Å². The molecule has 242 valence electrons. The third kappa shape index (κ3) is 4.55. The smallest absolute Gasteiger partial charge is 0.403 e. The van der Waals surface area contributed by atoms with Crippen molar-refractivity contribution in [1.29, 1.82) is 0 Å². The fourth-order valence-electron chi connectivity index (χ4n) is 8.08. The minimum Gasteiger partial charge on any atom is -0.507 e. The Morgan fingerprint density at radius 3 is 2.20 bits per heavy atom. The van der Waals surface area contributed by atoms with Gasteiger partial charge in [-0.3, -0.25) is 28.9 Å². The van der Waals surface area contributed by atoms with Gasteiger partial charge in [-0.25, -0.2) is 0 Å². The molecule has 5 N–H and O–H groups in total. The van der Waals surface area contributed by atoms with Crippen LogP contribution in [0, 0.1) is 22.7 Å². The molecular weight excluding hydrogens is 585 g/mol. The van der Waals surface area contributed by atoms with E-state index in [0.29, 0.717) is 11.3 Å². The van der Waals surface area contributed by atoms with Crippen LogP contribution in [0.3, 0.4) is 0 Å². The summed E-state index contributed by atoms with van der Waals surface area (Å²) in [7, 11) is 6.32. The second-order valence-corrected chi connectivity index (χ2v) is 13.3. The SMILES string of the molecule is CCC(NCc1cc(N(C)C)c2c(c1O)C(=O)C1C(=O)[C@]3(O)C(=O)C(C(N)=O)C(=O)[C@@H](N(C)C)[C@]3(C)C[C@]1(C)C2)C(F)(F)F. The number of benzene rings is 1. The van der Waals surface area contributed by atoms with Crippen molar-refractivity contribution in [3.05, 3.63) is 22.8 Å². The van der Waals surface area contributed by atoms with Crippen molar-refractivity contribution in [2.75, 3.05) is 33.1 Å². The Morgan fingerprint density at radius 2 is 1.73 bits per heavy atom. The minimum absolute atomic E-state index is 0.00710. The molecule has 0 radical (unpaired) electrons. The van der Waals surface area contributed by atoms with Crippen LogP contribution in [0.25, 0.3) is 0 Å². The van der Waals surface area contributed by atoms with E-state index in [1.807, 2.05) is 0 Å². The highest BCUT2D eigenvalue weighted by Gasteiger charge is 2.76. The van der Waals surface area contributed by atoms with Gasteiger partial charge in [0.2, 0.25) is 5.91 Å². The number of fused-ring (bicyclic) bond motifs is 3.